The van der Waals surface area contributed by atoms with E-state index in [0.717, 1.165) is 0 Å². The topological polar surface area (TPSA) is 112 Å². The molecular weight excluding hydrogens is 334 g/mol. The Hall–Kier alpha value is -3.55. The molecule has 3 rings (SSSR count). The summed E-state index contributed by atoms with van der Waals surface area (Å²) in [5, 5.41) is 28.0. The number of furan rings is 1. The SMILES string of the molecule is Cc1ccc(/C=C2/Oc3c(ccc(O)c3C[NH+](CC#N)CC#N)C2=O)o1. The number of allylic oxidation sites excluding steroid dienone is 1. The normalized spacial score (nSPS) is 14.2. The van der Waals surface area contributed by atoms with Crippen LogP contribution in [0.4, 0.5) is 0 Å². The highest BCUT2D eigenvalue weighted by atomic mass is 16.5. The predicted octanol–water partition coefficient (Wildman–Crippen LogP) is 1.34. The lowest BCUT2D eigenvalue weighted by atomic mass is 10.0. The standard InChI is InChI=1S/C19H15N3O4/c1-12-2-3-13(25-12)10-17-18(24)14-4-5-16(23)15(19(14)26-17)11-22(8-6-20)9-7-21/h2-5,10,23H,8-9,11H2,1H3/p+1/b17-10+. The highest BCUT2D eigenvalue weighted by molar-refractivity contribution is 6.14. The molecular formula is C19H16N3O4+. The van der Waals surface area contributed by atoms with Crippen molar-refractivity contribution in [2.24, 2.45) is 0 Å². The maximum Gasteiger partial charge on any atom is 0.232 e. The van der Waals surface area contributed by atoms with Gasteiger partial charge in [-0.15, -0.1) is 0 Å². The van der Waals surface area contributed by atoms with Gasteiger partial charge in [0.25, 0.3) is 0 Å². The number of fused-ring (bicyclic) bond motifs is 1. The van der Waals surface area contributed by atoms with Gasteiger partial charge in [-0.05, 0) is 31.2 Å². The molecule has 26 heavy (non-hydrogen) atoms. The van der Waals surface area contributed by atoms with Crippen molar-refractivity contribution in [1.82, 2.24) is 0 Å². The second-order valence-electron chi connectivity index (χ2n) is 5.92. The summed E-state index contributed by atoms with van der Waals surface area (Å²) >= 11 is 0. The van der Waals surface area contributed by atoms with Gasteiger partial charge in [0.15, 0.2) is 24.6 Å². The van der Waals surface area contributed by atoms with Crippen molar-refractivity contribution in [3.8, 4) is 23.6 Å². The predicted molar refractivity (Wildman–Crippen MR) is 90.1 cm³/mol. The van der Waals surface area contributed by atoms with Crippen molar-refractivity contribution in [2.75, 3.05) is 13.1 Å². The maximum absolute atomic E-state index is 12.6. The highest BCUT2D eigenvalue weighted by Gasteiger charge is 2.32. The van der Waals surface area contributed by atoms with Crippen molar-refractivity contribution in [3.05, 3.63) is 52.7 Å². The Kier molecular flexibility index (Phi) is 4.74. The molecule has 2 heterocycles. The van der Waals surface area contributed by atoms with Gasteiger partial charge in [-0.25, -0.2) is 0 Å². The lowest BCUT2D eigenvalue weighted by Crippen LogP contribution is -3.10. The molecule has 1 aliphatic heterocycles. The summed E-state index contributed by atoms with van der Waals surface area (Å²) in [6.07, 6.45) is 1.51. The smallest absolute Gasteiger partial charge is 0.232 e. The Bertz CT molecular complexity index is 960. The molecule has 1 aromatic carbocycles. The van der Waals surface area contributed by atoms with Crippen molar-refractivity contribution in [1.29, 1.82) is 10.5 Å². The zero-order valence-corrected chi connectivity index (χ0v) is 14.1. The Morgan fingerprint density at radius 3 is 2.54 bits per heavy atom. The van der Waals surface area contributed by atoms with Crippen LogP contribution in [0, 0.1) is 29.6 Å². The summed E-state index contributed by atoms with van der Waals surface area (Å²) < 4.78 is 11.2. The lowest BCUT2D eigenvalue weighted by molar-refractivity contribution is -0.899. The molecule has 0 radical (unpaired) electrons. The van der Waals surface area contributed by atoms with Crippen LogP contribution in [-0.2, 0) is 6.54 Å². The van der Waals surface area contributed by atoms with E-state index < -0.39 is 0 Å². The lowest BCUT2D eigenvalue weighted by Gasteiger charge is -2.15. The second-order valence-corrected chi connectivity index (χ2v) is 5.92. The van der Waals surface area contributed by atoms with Crippen LogP contribution in [0.5, 0.6) is 11.5 Å². The van der Waals surface area contributed by atoms with Gasteiger partial charge in [0, 0.05) is 6.08 Å². The summed E-state index contributed by atoms with van der Waals surface area (Å²) in [6, 6.07) is 10.5. The highest BCUT2D eigenvalue weighted by Crippen LogP contribution is 2.39. The first-order chi connectivity index (χ1) is 12.5. The average Bonchev–Trinajstić information content (AvgIpc) is 3.15. The van der Waals surface area contributed by atoms with Crippen LogP contribution >= 0.6 is 0 Å². The Morgan fingerprint density at radius 1 is 1.19 bits per heavy atom. The number of nitrogens with one attached hydrogen (secondary N) is 1. The molecule has 1 aliphatic rings. The van der Waals surface area contributed by atoms with Crippen molar-refractivity contribution < 1.29 is 24.0 Å². The molecule has 0 amide bonds. The van der Waals surface area contributed by atoms with E-state index in [1.54, 1.807) is 19.1 Å². The molecule has 130 valence electrons. The Labute approximate surface area is 149 Å². The number of carbonyl (C=O) groups is 1. The summed E-state index contributed by atoms with van der Waals surface area (Å²) in [4.78, 5) is 13.2. The van der Waals surface area contributed by atoms with Gasteiger partial charge >= 0.3 is 0 Å². The monoisotopic (exact) mass is 350 g/mol. The summed E-state index contributed by atoms with van der Waals surface area (Å²) in [6.45, 7) is 2.18. The van der Waals surface area contributed by atoms with Crippen LogP contribution in [0.3, 0.4) is 0 Å². The molecule has 0 saturated heterocycles. The fourth-order valence-electron chi connectivity index (χ4n) is 2.79. The van der Waals surface area contributed by atoms with Gasteiger partial charge in [-0.3, -0.25) is 4.79 Å². The molecule has 0 saturated carbocycles. The van der Waals surface area contributed by atoms with E-state index in [2.05, 4.69) is 0 Å². The van der Waals surface area contributed by atoms with E-state index in [1.807, 2.05) is 12.1 Å². The van der Waals surface area contributed by atoms with Crippen molar-refractivity contribution in [2.45, 2.75) is 13.5 Å². The Balaban J connectivity index is 1.95. The number of nitrogens with zero attached hydrogens (tertiary/aromatic N) is 2. The number of nitriles is 2. The summed E-state index contributed by atoms with van der Waals surface area (Å²) in [7, 11) is 0. The number of benzene rings is 1. The van der Waals surface area contributed by atoms with E-state index in [-0.39, 0.29) is 42.7 Å². The number of hydrogen-bond donors (Lipinski definition) is 2. The number of Topliss-reactive ketones (excluding diaryl/α,β-unsaturated/α-hetero) is 1. The number of quaternary nitrogens is 1. The van der Waals surface area contributed by atoms with E-state index >= 15 is 0 Å². The van der Waals surface area contributed by atoms with Crippen LogP contribution in [0.25, 0.3) is 6.08 Å². The molecule has 1 aromatic heterocycles. The van der Waals surface area contributed by atoms with Crippen molar-refractivity contribution in [3.63, 3.8) is 0 Å². The second kappa shape index (κ2) is 7.14. The number of carbonyl (C=O) groups excluding carboxylic acids is 1. The van der Waals surface area contributed by atoms with E-state index in [0.29, 0.717) is 27.5 Å². The fourth-order valence-corrected chi connectivity index (χ4v) is 2.79. The zero-order valence-electron chi connectivity index (χ0n) is 14.1. The first-order valence-corrected chi connectivity index (χ1v) is 7.96. The molecule has 2 N–H and O–H groups in total. The molecule has 7 heteroatoms. The van der Waals surface area contributed by atoms with Gasteiger partial charge < -0.3 is 19.2 Å². The minimum atomic E-state index is -0.308. The third-order valence-electron chi connectivity index (χ3n) is 4.04. The number of aromatic hydroxyl groups is 1. The van der Waals surface area contributed by atoms with Crippen LogP contribution in [-0.4, -0.2) is 24.0 Å². The molecule has 0 atom stereocenters. The molecule has 0 spiro atoms. The number of phenols is 1. The third-order valence-corrected chi connectivity index (χ3v) is 4.04. The quantitative estimate of drug-likeness (QED) is 0.622. The van der Waals surface area contributed by atoms with E-state index in [1.165, 1.54) is 18.2 Å². The van der Waals surface area contributed by atoms with Gasteiger partial charge in [-0.2, -0.15) is 10.5 Å². The molecule has 0 bridgehead atoms. The first-order valence-electron chi connectivity index (χ1n) is 7.96. The van der Waals surface area contributed by atoms with Gasteiger partial charge in [-0.1, -0.05) is 0 Å². The molecule has 2 aromatic rings. The molecule has 0 unspecified atom stereocenters. The number of ether oxygens (including phenoxy) is 1. The van der Waals surface area contributed by atoms with Crippen LogP contribution in [0.15, 0.2) is 34.4 Å². The fraction of sp³-hybridized carbons (Fsp3) is 0.211. The largest absolute Gasteiger partial charge is 0.507 e. The molecule has 7 nitrogen and oxygen atoms in total. The number of hydrogen-bond acceptors (Lipinski definition) is 6. The Morgan fingerprint density at radius 2 is 1.92 bits per heavy atom. The molecule has 0 fully saturated rings. The maximum atomic E-state index is 12.6. The minimum Gasteiger partial charge on any atom is -0.507 e. The van der Waals surface area contributed by atoms with Gasteiger partial charge in [0.2, 0.25) is 5.78 Å². The van der Waals surface area contributed by atoms with Crippen LogP contribution in [0.1, 0.15) is 27.4 Å². The van der Waals surface area contributed by atoms with E-state index in [4.69, 9.17) is 19.7 Å². The third kappa shape index (κ3) is 3.30. The van der Waals surface area contributed by atoms with Crippen LogP contribution in [0.2, 0.25) is 0 Å². The summed E-state index contributed by atoms with van der Waals surface area (Å²) in [5.74, 6) is 1.22. The van der Waals surface area contributed by atoms with Gasteiger partial charge in [0.05, 0.1) is 11.1 Å². The van der Waals surface area contributed by atoms with Gasteiger partial charge in [0.1, 0.15) is 36.0 Å². The molecule has 0 aliphatic carbocycles. The van der Waals surface area contributed by atoms with E-state index in [9.17, 15) is 9.90 Å². The van der Waals surface area contributed by atoms with Crippen molar-refractivity contribution >= 4 is 11.9 Å². The number of aryl methyl sites for hydroxylation is 1. The first kappa shape index (κ1) is 17.3. The number of ketones is 1. The zero-order chi connectivity index (χ0) is 18.7. The average molecular weight is 350 g/mol. The number of phenolic OH excluding ortho intramolecular Hbond substituents is 1. The van der Waals surface area contributed by atoms with Crippen LogP contribution < -0.4 is 9.64 Å². The number of rotatable bonds is 5. The summed E-state index contributed by atoms with van der Waals surface area (Å²) in [5.41, 5.74) is 0.732. The minimum absolute atomic E-state index is 0.0416.